The van der Waals surface area contributed by atoms with Crippen LogP contribution in [0.3, 0.4) is 0 Å². The fourth-order valence-electron chi connectivity index (χ4n) is 0.813. The molecule has 10 heavy (non-hydrogen) atoms. The van der Waals surface area contributed by atoms with Gasteiger partial charge in [0.15, 0.2) is 6.29 Å². The topological polar surface area (TPSA) is 27.7 Å². The third kappa shape index (κ3) is 1.94. The molecule has 1 heterocycles. The van der Waals surface area contributed by atoms with E-state index in [9.17, 15) is 0 Å². The highest BCUT2D eigenvalue weighted by Crippen LogP contribution is 2.17. The molecule has 1 atom stereocenters. The predicted molar refractivity (Wildman–Crippen MR) is 36.8 cm³/mol. The molecule has 0 amide bonds. The van der Waals surface area contributed by atoms with Gasteiger partial charge in [0.2, 0.25) is 0 Å². The summed E-state index contributed by atoms with van der Waals surface area (Å²) < 4.78 is 15.7. The molecule has 0 spiro atoms. The van der Waals surface area contributed by atoms with Crippen LogP contribution in [-0.4, -0.2) is 32.2 Å². The lowest BCUT2D eigenvalue weighted by Crippen LogP contribution is -2.42. The highest BCUT2D eigenvalue weighted by molar-refractivity contribution is 4.71. The Morgan fingerprint density at radius 2 is 2.20 bits per heavy atom. The fourth-order valence-corrected chi connectivity index (χ4v) is 0.813. The first-order valence-corrected chi connectivity index (χ1v) is 3.42. The summed E-state index contributed by atoms with van der Waals surface area (Å²) in [6, 6.07) is 0. The van der Waals surface area contributed by atoms with Crippen LogP contribution in [0, 0.1) is 0 Å². The molecule has 1 aliphatic heterocycles. The fraction of sp³-hybridized carbons (Fsp3) is 1.00. The highest BCUT2D eigenvalue weighted by atomic mass is 16.7. The van der Waals surface area contributed by atoms with E-state index in [1.165, 1.54) is 0 Å². The van der Waals surface area contributed by atoms with E-state index in [2.05, 4.69) is 0 Å². The molecule has 0 N–H and O–H groups in total. The van der Waals surface area contributed by atoms with Gasteiger partial charge in [-0.15, -0.1) is 0 Å². The van der Waals surface area contributed by atoms with Crippen LogP contribution in [0.25, 0.3) is 0 Å². The Morgan fingerprint density at radius 1 is 1.50 bits per heavy atom. The second-order valence-corrected chi connectivity index (χ2v) is 3.05. The second-order valence-electron chi connectivity index (χ2n) is 3.05. The average Bonchev–Trinajstić information content (AvgIpc) is 1.88. The molecule has 0 aromatic heterocycles. The van der Waals surface area contributed by atoms with E-state index >= 15 is 0 Å². The second kappa shape index (κ2) is 2.86. The monoisotopic (exact) mass is 146 g/mol. The van der Waals surface area contributed by atoms with Gasteiger partial charge >= 0.3 is 0 Å². The van der Waals surface area contributed by atoms with Gasteiger partial charge in [-0.05, 0) is 13.8 Å². The van der Waals surface area contributed by atoms with Crippen LogP contribution in [0.5, 0.6) is 0 Å². The van der Waals surface area contributed by atoms with E-state index in [4.69, 9.17) is 14.2 Å². The van der Waals surface area contributed by atoms with E-state index in [1.54, 1.807) is 7.11 Å². The zero-order chi connectivity index (χ0) is 7.61. The molecule has 60 valence electrons. The van der Waals surface area contributed by atoms with Crippen LogP contribution in [0.1, 0.15) is 13.8 Å². The summed E-state index contributed by atoms with van der Waals surface area (Å²) in [6.45, 7) is 5.13. The molecule has 3 heteroatoms. The Hall–Kier alpha value is -0.120. The van der Waals surface area contributed by atoms with Crippen molar-refractivity contribution in [3.8, 4) is 0 Å². The van der Waals surface area contributed by atoms with Crippen molar-refractivity contribution in [1.82, 2.24) is 0 Å². The van der Waals surface area contributed by atoms with Crippen LogP contribution in [0.15, 0.2) is 0 Å². The number of rotatable bonds is 1. The smallest absolute Gasteiger partial charge is 0.180 e. The van der Waals surface area contributed by atoms with E-state index in [0.717, 1.165) is 0 Å². The number of methoxy groups -OCH3 is 1. The van der Waals surface area contributed by atoms with Crippen molar-refractivity contribution in [2.45, 2.75) is 25.7 Å². The molecule has 1 saturated heterocycles. The largest absolute Gasteiger partial charge is 0.368 e. The van der Waals surface area contributed by atoms with Gasteiger partial charge in [-0.25, -0.2) is 0 Å². The molecule has 1 fully saturated rings. The SMILES string of the molecule is COC1COC(C)(C)CO1. The predicted octanol–water partition coefficient (Wildman–Crippen LogP) is 0.784. The van der Waals surface area contributed by atoms with Crippen molar-refractivity contribution >= 4 is 0 Å². The van der Waals surface area contributed by atoms with Gasteiger partial charge in [0.1, 0.15) is 0 Å². The van der Waals surface area contributed by atoms with Gasteiger partial charge in [0, 0.05) is 7.11 Å². The Morgan fingerprint density at radius 3 is 2.60 bits per heavy atom. The third-order valence-corrected chi connectivity index (χ3v) is 1.49. The van der Waals surface area contributed by atoms with Crippen molar-refractivity contribution in [3.63, 3.8) is 0 Å². The molecule has 3 nitrogen and oxygen atoms in total. The van der Waals surface area contributed by atoms with Crippen LogP contribution in [0.2, 0.25) is 0 Å². The maximum Gasteiger partial charge on any atom is 0.180 e. The third-order valence-electron chi connectivity index (χ3n) is 1.49. The molecule has 0 bridgehead atoms. The number of hydrogen-bond donors (Lipinski definition) is 0. The lowest BCUT2D eigenvalue weighted by atomic mass is 10.1. The van der Waals surface area contributed by atoms with Gasteiger partial charge in [-0.3, -0.25) is 0 Å². The molecule has 1 rings (SSSR count). The lowest BCUT2D eigenvalue weighted by Gasteiger charge is -2.33. The minimum absolute atomic E-state index is 0.144. The number of hydrogen-bond acceptors (Lipinski definition) is 3. The Labute approximate surface area is 61.3 Å². The van der Waals surface area contributed by atoms with E-state index in [1.807, 2.05) is 13.8 Å². The standard InChI is InChI=1S/C7H14O3/c1-7(2)5-9-6(8-3)4-10-7/h6H,4-5H2,1-3H3. The summed E-state index contributed by atoms with van der Waals surface area (Å²) in [5.74, 6) is 0. The summed E-state index contributed by atoms with van der Waals surface area (Å²) in [6.07, 6.45) is -0.173. The van der Waals surface area contributed by atoms with Gasteiger partial charge in [0.25, 0.3) is 0 Å². The zero-order valence-electron chi connectivity index (χ0n) is 6.72. The van der Waals surface area contributed by atoms with Crippen molar-refractivity contribution in [2.24, 2.45) is 0 Å². The van der Waals surface area contributed by atoms with Crippen molar-refractivity contribution in [1.29, 1.82) is 0 Å². The van der Waals surface area contributed by atoms with Crippen LogP contribution in [0.4, 0.5) is 0 Å². The van der Waals surface area contributed by atoms with Gasteiger partial charge in [-0.1, -0.05) is 0 Å². The molecule has 0 aliphatic carbocycles. The Bertz CT molecular complexity index is 101. The first-order valence-electron chi connectivity index (χ1n) is 3.42. The van der Waals surface area contributed by atoms with Gasteiger partial charge in [0.05, 0.1) is 18.8 Å². The summed E-state index contributed by atoms with van der Waals surface area (Å²) >= 11 is 0. The maximum atomic E-state index is 5.42. The molecule has 0 saturated carbocycles. The van der Waals surface area contributed by atoms with Crippen molar-refractivity contribution < 1.29 is 14.2 Å². The molecule has 1 unspecified atom stereocenters. The van der Waals surface area contributed by atoms with E-state index in [0.29, 0.717) is 13.2 Å². The first-order chi connectivity index (χ1) is 4.64. The molecule has 0 radical (unpaired) electrons. The summed E-state index contributed by atoms with van der Waals surface area (Å²) in [5.41, 5.74) is -0.144. The summed E-state index contributed by atoms with van der Waals surface area (Å²) in [5, 5.41) is 0. The van der Waals surface area contributed by atoms with Gasteiger partial charge in [-0.2, -0.15) is 0 Å². The van der Waals surface area contributed by atoms with Crippen LogP contribution < -0.4 is 0 Å². The lowest BCUT2D eigenvalue weighted by molar-refractivity contribution is -0.249. The highest BCUT2D eigenvalue weighted by Gasteiger charge is 2.27. The minimum atomic E-state index is -0.173. The van der Waals surface area contributed by atoms with Crippen molar-refractivity contribution in [3.05, 3.63) is 0 Å². The number of ether oxygens (including phenoxy) is 3. The average molecular weight is 146 g/mol. The quantitative estimate of drug-likeness (QED) is 0.547. The van der Waals surface area contributed by atoms with E-state index in [-0.39, 0.29) is 11.9 Å². The van der Waals surface area contributed by atoms with Crippen molar-refractivity contribution in [2.75, 3.05) is 20.3 Å². The Kier molecular flexibility index (Phi) is 2.28. The molecule has 1 aliphatic rings. The first kappa shape index (κ1) is 7.98. The zero-order valence-corrected chi connectivity index (χ0v) is 6.72. The Balaban J connectivity index is 2.31. The molecule has 0 aromatic carbocycles. The molecule has 0 aromatic rings. The normalized spacial score (nSPS) is 32.1. The molecular weight excluding hydrogens is 132 g/mol. The van der Waals surface area contributed by atoms with E-state index < -0.39 is 0 Å². The summed E-state index contributed by atoms with van der Waals surface area (Å²) in [4.78, 5) is 0. The van der Waals surface area contributed by atoms with Crippen LogP contribution in [-0.2, 0) is 14.2 Å². The minimum Gasteiger partial charge on any atom is -0.368 e. The summed E-state index contributed by atoms with van der Waals surface area (Å²) in [7, 11) is 1.62. The van der Waals surface area contributed by atoms with Crippen LogP contribution >= 0.6 is 0 Å². The molecular formula is C7H14O3. The van der Waals surface area contributed by atoms with Gasteiger partial charge < -0.3 is 14.2 Å². The maximum absolute atomic E-state index is 5.42.